The van der Waals surface area contributed by atoms with Gasteiger partial charge >= 0.3 is 0 Å². The number of hydrogen-bond donors (Lipinski definition) is 1. The maximum atomic E-state index is 4.10. The van der Waals surface area contributed by atoms with Crippen molar-refractivity contribution < 1.29 is 0 Å². The Morgan fingerprint density at radius 3 is 2.82 bits per heavy atom. The molecule has 0 aliphatic carbocycles. The van der Waals surface area contributed by atoms with Gasteiger partial charge in [-0.1, -0.05) is 13.5 Å². The van der Waals surface area contributed by atoms with Crippen LogP contribution in [0.1, 0.15) is 20.3 Å². The monoisotopic (exact) mass is 154 g/mol. The molecule has 0 aromatic heterocycles. The molecule has 0 aromatic carbocycles. The summed E-state index contributed by atoms with van der Waals surface area (Å²) in [6.07, 6.45) is 2.86. The molecule has 1 N–H and O–H groups in total. The summed E-state index contributed by atoms with van der Waals surface area (Å²) in [6, 6.07) is 0. The molecule has 0 amide bonds. The predicted molar refractivity (Wildman–Crippen MR) is 51.3 cm³/mol. The zero-order chi connectivity index (χ0) is 8.53. The van der Waals surface area contributed by atoms with Crippen LogP contribution in [0.2, 0.25) is 0 Å². The van der Waals surface area contributed by atoms with E-state index in [0.29, 0.717) is 0 Å². The predicted octanol–water partition coefficient (Wildman–Crippen LogP) is 1.63. The number of aliphatic imine (C=N–C) groups is 1. The Balaban J connectivity index is 3.30. The van der Waals surface area contributed by atoms with Gasteiger partial charge in [-0.15, -0.1) is 0 Å². The summed E-state index contributed by atoms with van der Waals surface area (Å²) in [7, 11) is 0. The highest BCUT2D eigenvalue weighted by Gasteiger charge is 1.87. The van der Waals surface area contributed by atoms with E-state index in [-0.39, 0.29) is 0 Å². The van der Waals surface area contributed by atoms with E-state index in [4.69, 9.17) is 0 Å². The minimum atomic E-state index is 0.847. The Labute approximate surface area is 69.4 Å². The Bertz CT molecular complexity index is 128. The molecule has 0 spiro atoms. The molecule has 0 bridgehead atoms. The summed E-state index contributed by atoms with van der Waals surface area (Å²) >= 11 is 0. The maximum absolute atomic E-state index is 4.10. The fourth-order valence-corrected chi connectivity index (χ4v) is 0.711. The second kappa shape index (κ2) is 7.48. The lowest BCUT2D eigenvalue weighted by Gasteiger charge is -1.99. The quantitative estimate of drug-likeness (QED) is 0.456. The number of hydrogen-bond acceptors (Lipinski definition) is 2. The van der Waals surface area contributed by atoms with Crippen molar-refractivity contribution in [3.05, 3.63) is 12.2 Å². The fraction of sp³-hybridized carbons (Fsp3) is 0.667. The third-order valence-electron chi connectivity index (χ3n) is 1.33. The zero-order valence-corrected chi connectivity index (χ0v) is 7.56. The van der Waals surface area contributed by atoms with Gasteiger partial charge in [0, 0.05) is 12.8 Å². The summed E-state index contributed by atoms with van der Waals surface area (Å²) in [5.74, 6) is 0. The van der Waals surface area contributed by atoms with Gasteiger partial charge in [0.15, 0.2) is 0 Å². The Morgan fingerprint density at radius 2 is 2.27 bits per heavy atom. The van der Waals surface area contributed by atoms with Crippen LogP contribution in [0, 0.1) is 0 Å². The first-order valence-electron chi connectivity index (χ1n) is 4.19. The Kier molecular flexibility index (Phi) is 7.05. The van der Waals surface area contributed by atoms with Gasteiger partial charge in [-0.25, -0.2) is 0 Å². The maximum Gasteiger partial charge on any atom is 0.0361 e. The van der Waals surface area contributed by atoms with Crippen LogP contribution in [0.5, 0.6) is 0 Å². The van der Waals surface area contributed by atoms with Crippen molar-refractivity contribution in [2.24, 2.45) is 4.99 Å². The van der Waals surface area contributed by atoms with E-state index in [9.17, 15) is 0 Å². The highest BCUT2D eigenvalue weighted by Crippen LogP contribution is 1.91. The van der Waals surface area contributed by atoms with Crippen molar-refractivity contribution in [3.63, 3.8) is 0 Å². The molecule has 0 aliphatic heterocycles. The van der Waals surface area contributed by atoms with Crippen molar-refractivity contribution >= 4 is 6.21 Å². The number of nitrogens with zero attached hydrogens (tertiary/aromatic N) is 1. The Hall–Kier alpha value is -0.630. The van der Waals surface area contributed by atoms with Gasteiger partial charge in [0.1, 0.15) is 0 Å². The first kappa shape index (κ1) is 10.4. The van der Waals surface area contributed by atoms with Crippen LogP contribution in [0.4, 0.5) is 0 Å². The summed E-state index contributed by atoms with van der Waals surface area (Å²) in [5.41, 5.74) is 1.10. The van der Waals surface area contributed by atoms with Crippen LogP contribution >= 0.6 is 0 Å². The lowest BCUT2D eigenvalue weighted by molar-refractivity contribution is 0.722. The molecule has 2 heteroatoms. The van der Waals surface area contributed by atoms with Crippen LogP contribution in [0.25, 0.3) is 0 Å². The van der Waals surface area contributed by atoms with Crippen molar-refractivity contribution in [1.82, 2.24) is 5.32 Å². The third-order valence-corrected chi connectivity index (χ3v) is 1.33. The van der Waals surface area contributed by atoms with E-state index in [2.05, 4.69) is 23.8 Å². The topological polar surface area (TPSA) is 24.4 Å². The largest absolute Gasteiger partial charge is 0.317 e. The molecule has 0 saturated heterocycles. The normalized spacial score (nSPS) is 10.7. The summed E-state index contributed by atoms with van der Waals surface area (Å²) < 4.78 is 0. The summed E-state index contributed by atoms with van der Waals surface area (Å²) in [5, 5.41) is 3.23. The van der Waals surface area contributed by atoms with Crippen molar-refractivity contribution in [2.45, 2.75) is 20.3 Å². The average Bonchev–Trinajstić information content (AvgIpc) is 2.01. The van der Waals surface area contributed by atoms with Crippen LogP contribution in [-0.4, -0.2) is 25.8 Å². The minimum Gasteiger partial charge on any atom is -0.317 e. The summed E-state index contributed by atoms with van der Waals surface area (Å²) in [4.78, 5) is 4.10. The number of rotatable bonds is 6. The molecule has 0 rings (SSSR count). The van der Waals surface area contributed by atoms with Crippen LogP contribution in [0.15, 0.2) is 17.1 Å². The summed E-state index contributed by atoms with van der Waals surface area (Å²) in [6.45, 7) is 10.9. The van der Waals surface area contributed by atoms with E-state index < -0.39 is 0 Å². The molecule has 11 heavy (non-hydrogen) atoms. The lowest BCUT2D eigenvalue weighted by atomic mass is 10.2. The van der Waals surface area contributed by atoms with E-state index in [1.54, 1.807) is 0 Å². The lowest BCUT2D eigenvalue weighted by Crippen LogP contribution is -2.14. The van der Waals surface area contributed by atoms with E-state index in [1.807, 2.05) is 13.1 Å². The molecule has 0 aliphatic rings. The molecule has 2 nitrogen and oxygen atoms in total. The zero-order valence-electron chi connectivity index (χ0n) is 7.56. The fourth-order valence-electron chi connectivity index (χ4n) is 0.711. The standard InChI is InChI=1S/C9H18N2/c1-4-10-7-6-9(3)8-11-5-2/h8,10H,3-7H2,1-2H3. The molecule has 0 atom stereocenters. The third kappa shape index (κ3) is 7.26. The van der Waals surface area contributed by atoms with Gasteiger partial charge in [-0.2, -0.15) is 0 Å². The molecule has 0 fully saturated rings. The van der Waals surface area contributed by atoms with Gasteiger partial charge in [0.25, 0.3) is 0 Å². The molecule has 0 unspecified atom stereocenters. The molecular weight excluding hydrogens is 136 g/mol. The van der Waals surface area contributed by atoms with Gasteiger partial charge in [-0.3, -0.25) is 4.99 Å². The van der Waals surface area contributed by atoms with Crippen molar-refractivity contribution in [3.8, 4) is 0 Å². The van der Waals surface area contributed by atoms with Crippen LogP contribution in [-0.2, 0) is 0 Å². The first-order valence-corrected chi connectivity index (χ1v) is 4.19. The second-order valence-corrected chi connectivity index (χ2v) is 2.39. The van der Waals surface area contributed by atoms with E-state index in [1.165, 1.54) is 0 Å². The van der Waals surface area contributed by atoms with E-state index in [0.717, 1.165) is 31.6 Å². The van der Waals surface area contributed by atoms with E-state index >= 15 is 0 Å². The van der Waals surface area contributed by atoms with Crippen LogP contribution < -0.4 is 5.32 Å². The molecule has 0 radical (unpaired) electrons. The molecule has 0 saturated carbocycles. The average molecular weight is 154 g/mol. The first-order chi connectivity index (χ1) is 5.31. The molecular formula is C9H18N2. The van der Waals surface area contributed by atoms with Gasteiger partial charge in [-0.05, 0) is 32.0 Å². The van der Waals surface area contributed by atoms with Crippen LogP contribution in [0.3, 0.4) is 0 Å². The van der Waals surface area contributed by atoms with Gasteiger partial charge in [0.05, 0.1) is 0 Å². The molecule has 0 aromatic rings. The second-order valence-electron chi connectivity index (χ2n) is 2.39. The number of nitrogens with one attached hydrogen (secondary N) is 1. The highest BCUT2D eigenvalue weighted by atomic mass is 14.8. The molecule has 0 heterocycles. The van der Waals surface area contributed by atoms with Gasteiger partial charge < -0.3 is 5.32 Å². The Morgan fingerprint density at radius 1 is 1.55 bits per heavy atom. The smallest absolute Gasteiger partial charge is 0.0361 e. The highest BCUT2D eigenvalue weighted by molar-refractivity contribution is 5.77. The van der Waals surface area contributed by atoms with Crippen molar-refractivity contribution in [2.75, 3.05) is 19.6 Å². The molecule has 64 valence electrons. The van der Waals surface area contributed by atoms with Gasteiger partial charge in [0.2, 0.25) is 0 Å². The minimum absolute atomic E-state index is 0.847. The SMILES string of the molecule is C=C(C=NCC)CCNCC. The van der Waals surface area contributed by atoms with Crippen molar-refractivity contribution in [1.29, 1.82) is 0 Å².